The number of anilines is 1. The van der Waals surface area contributed by atoms with Crippen LogP contribution in [-0.4, -0.2) is 33.8 Å². The van der Waals surface area contributed by atoms with Crippen LogP contribution < -0.4 is 5.32 Å². The van der Waals surface area contributed by atoms with Gasteiger partial charge in [-0.2, -0.15) is 5.10 Å². The van der Waals surface area contributed by atoms with Crippen LogP contribution in [0.5, 0.6) is 0 Å². The van der Waals surface area contributed by atoms with Crippen molar-refractivity contribution in [2.24, 2.45) is 0 Å². The molecule has 1 aliphatic rings. The molecule has 0 bridgehead atoms. The molecule has 0 aliphatic carbocycles. The lowest BCUT2D eigenvalue weighted by Crippen LogP contribution is -2.40. The van der Waals surface area contributed by atoms with Crippen molar-refractivity contribution < 1.29 is 9.18 Å². The second-order valence-electron chi connectivity index (χ2n) is 6.25. The molecule has 6 heteroatoms. The van der Waals surface area contributed by atoms with Gasteiger partial charge in [0.05, 0.1) is 11.9 Å². The number of para-hydroxylation sites is 1. The molecule has 0 spiro atoms. The lowest BCUT2D eigenvalue weighted by Gasteiger charge is -2.31. The first kappa shape index (κ1) is 16.5. The van der Waals surface area contributed by atoms with Crippen LogP contribution in [0.25, 0.3) is 0 Å². The van der Waals surface area contributed by atoms with Crippen LogP contribution in [0.2, 0.25) is 0 Å². The molecular weight excluding hydrogens is 307 g/mol. The van der Waals surface area contributed by atoms with Crippen LogP contribution >= 0.6 is 0 Å². The van der Waals surface area contributed by atoms with E-state index in [1.165, 1.54) is 11.6 Å². The molecule has 3 rings (SSSR count). The lowest BCUT2D eigenvalue weighted by molar-refractivity contribution is 0.194. The Morgan fingerprint density at radius 1 is 1.38 bits per heavy atom. The molecule has 1 N–H and O–H groups in total. The molecule has 128 valence electrons. The Kier molecular flexibility index (Phi) is 4.83. The monoisotopic (exact) mass is 330 g/mol. The molecule has 1 aromatic carbocycles. The predicted molar refractivity (Wildman–Crippen MR) is 91.6 cm³/mol. The second kappa shape index (κ2) is 7.03. The minimum Gasteiger partial charge on any atom is -0.324 e. The highest BCUT2D eigenvalue weighted by molar-refractivity contribution is 5.90. The Morgan fingerprint density at radius 3 is 2.75 bits per heavy atom. The van der Waals surface area contributed by atoms with Gasteiger partial charge in [-0.3, -0.25) is 4.68 Å². The lowest BCUT2D eigenvalue weighted by atomic mass is 9.92. The second-order valence-corrected chi connectivity index (χ2v) is 6.25. The Hall–Kier alpha value is -2.37. The van der Waals surface area contributed by atoms with Crippen molar-refractivity contribution in [3.8, 4) is 0 Å². The molecule has 0 radical (unpaired) electrons. The summed E-state index contributed by atoms with van der Waals surface area (Å²) in [4.78, 5) is 14.2. The third kappa shape index (κ3) is 3.42. The molecule has 5 nitrogen and oxygen atoms in total. The highest BCUT2D eigenvalue weighted by Gasteiger charge is 2.25. The Morgan fingerprint density at radius 2 is 2.12 bits per heavy atom. The number of nitrogens with zero attached hydrogens (tertiary/aromatic N) is 3. The van der Waals surface area contributed by atoms with Crippen molar-refractivity contribution >= 4 is 11.7 Å². The molecule has 2 amide bonds. The molecule has 0 saturated carbocycles. The van der Waals surface area contributed by atoms with Gasteiger partial charge in [-0.15, -0.1) is 0 Å². The van der Waals surface area contributed by atoms with E-state index in [0.717, 1.165) is 24.9 Å². The van der Waals surface area contributed by atoms with Crippen molar-refractivity contribution in [3.63, 3.8) is 0 Å². The fourth-order valence-corrected chi connectivity index (χ4v) is 3.16. The molecule has 2 aromatic rings. The summed E-state index contributed by atoms with van der Waals surface area (Å²) < 4.78 is 15.8. The number of piperidine rings is 1. The number of hydrogen-bond donors (Lipinski definition) is 1. The Bertz CT molecular complexity index is 699. The summed E-state index contributed by atoms with van der Waals surface area (Å²) in [6.07, 6.45) is 5.81. The zero-order valence-corrected chi connectivity index (χ0v) is 14.1. The number of benzene rings is 1. The summed E-state index contributed by atoms with van der Waals surface area (Å²) in [7, 11) is 0. The Labute approximate surface area is 141 Å². The van der Waals surface area contributed by atoms with Gasteiger partial charge in [-0.05, 0) is 49.8 Å². The maximum absolute atomic E-state index is 13.9. The van der Waals surface area contributed by atoms with Gasteiger partial charge >= 0.3 is 6.03 Å². The minimum atomic E-state index is -0.398. The number of amides is 2. The van der Waals surface area contributed by atoms with Gasteiger partial charge in [0.1, 0.15) is 5.82 Å². The smallest absolute Gasteiger partial charge is 0.321 e. The quantitative estimate of drug-likeness (QED) is 0.931. The number of carbonyl (C=O) groups is 1. The van der Waals surface area contributed by atoms with E-state index in [4.69, 9.17) is 0 Å². The molecule has 1 fully saturated rings. The first-order valence-electron chi connectivity index (χ1n) is 8.42. The largest absolute Gasteiger partial charge is 0.324 e. The van der Waals surface area contributed by atoms with Crippen LogP contribution in [0.3, 0.4) is 0 Å². The summed E-state index contributed by atoms with van der Waals surface area (Å²) in [5.74, 6) is 0.0368. The minimum absolute atomic E-state index is 0.231. The third-order valence-electron chi connectivity index (χ3n) is 4.68. The van der Waals surface area contributed by atoms with Crippen LogP contribution in [0.4, 0.5) is 14.9 Å². The number of hydrogen-bond acceptors (Lipinski definition) is 2. The number of aryl methyl sites for hydroxylation is 2. The Balaban J connectivity index is 1.59. The molecule has 1 aliphatic heterocycles. The highest BCUT2D eigenvalue weighted by atomic mass is 19.1. The van der Waals surface area contributed by atoms with Gasteiger partial charge in [0.15, 0.2) is 0 Å². The van der Waals surface area contributed by atoms with Crippen LogP contribution in [-0.2, 0) is 6.54 Å². The van der Waals surface area contributed by atoms with Crippen molar-refractivity contribution in [2.75, 3.05) is 18.4 Å². The fraction of sp³-hybridized carbons (Fsp3) is 0.444. The van der Waals surface area contributed by atoms with E-state index in [-0.39, 0.29) is 11.7 Å². The third-order valence-corrected chi connectivity index (χ3v) is 4.68. The zero-order chi connectivity index (χ0) is 17.1. The summed E-state index contributed by atoms with van der Waals surface area (Å²) in [5.41, 5.74) is 2.24. The molecule has 0 unspecified atom stereocenters. The molecule has 1 saturated heterocycles. The summed E-state index contributed by atoms with van der Waals surface area (Å²) >= 11 is 0. The van der Waals surface area contributed by atoms with Crippen LogP contribution in [0.15, 0.2) is 30.6 Å². The van der Waals surface area contributed by atoms with Crippen molar-refractivity contribution in [1.29, 1.82) is 0 Å². The number of halogens is 1. The first-order valence-corrected chi connectivity index (χ1v) is 8.42. The van der Waals surface area contributed by atoms with Crippen molar-refractivity contribution in [2.45, 2.75) is 39.2 Å². The topological polar surface area (TPSA) is 50.2 Å². The van der Waals surface area contributed by atoms with Gasteiger partial charge in [-0.1, -0.05) is 12.1 Å². The summed E-state index contributed by atoms with van der Waals surface area (Å²) in [6, 6.07) is 4.56. The van der Waals surface area contributed by atoms with E-state index in [9.17, 15) is 9.18 Å². The van der Waals surface area contributed by atoms with Gasteiger partial charge in [0.2, 0.25) is 0 Å². The molecule has 0 atom stereocenters. The SMILES string of the molecule is CCn1cc(C2CCN(C(=O)Nc3c(C)cccc3F)CC2)cn1. The van der Waals surface area contributed by atoms with E-state index < -0.39 is 5.82 Å². The van der Waals surface area contributed by atoms with Gasteiger partial charge in [0.25, 0.3) is 0 Å². The van der Waals surface area contributed by atoms with E-state index in [1.54, 1.807) is 24.0 Å². The predicted octanol–water partition coefficient (Wildman–Crippen LogP) is 3.76. The van der Waals surface area contributed by atoms with E-state index in [0.29, 0.717) is 19.0 Å². The average Bonchev–Trinajstić information content (AvgIpc) is 3.07. The normalized spacial score (nSPS) is 15.5. The van der Waals surface area contributed by atoms with Gasteiger partial charge in [0, 0.05) is 25.8 Å². The van der Waals surface area contributed by atoms with Crippen molar-refractivity contribution in [1.82, 2.24) is 14.7 Å². The molecular formula is C18H23FN4O. The van der Waals surface area contributed by atoms with E-state index >= 15 is 0 Å². The number of likely N-dealkylation sites (tertiary alicyclic amines) is 1. The molecule has 1 aromatic heterocycles. The average molecular weight is 330 g/mol. The van der Waals surface area contributed by atoms with Gasteiger partial charge in [-0.25, -0.2) is 9.18 Å². The van der Waals surface area contributed by atoms with Gasteiger partial charge < -0.3 is 10.2 Å². The number of rotatable bonds is 3. The maximum atomic E-state index is 13.9. The molecule has 2 heterocycles. The van der Waals surface area contributed by atoms with Crippen LogP contribution in [0.1, 0.15) is 36.8 Å². The molecule has 24 heavy (non-hydrogen) atoms. The number of aromatic nitrogens is 2. The first-order chi connectivity index (χ1) is 11.6. The fourth-order valence-electron chi connectivity index (χ4n) is 3.16. The van der Waals surface area contributed by atoms with Crippen LogP contribution in [0, 0.1) is 12.7 Å². The standard InChI is InChI=1S/C18H23FN4O/c1-3-23-12-15(11-20-23)14-7-9-22(10-8-14)18(24)21-17-13(2)5-4-6-16(17)19/h4-6,11-12,14H,3,7-10H2,1-2H3,(H,21,24). The summed E-state index contributed by atoms with van der Waals surface area (Å²) in [5, 5.41) is 7.03. The maximum Gasteiger partial charge on any atom is 0.321 e. The summed E-state index contributed by atoms with van der Waals surface area (Å²) in [6.45, 7) is 6.05. The van der Waals surface area contributed by atoms with E-state index in [1.807, 2.05) is 10.9 Å². The highest BCUT2D eigenvalue weighted by Crippen LogP contribution is 2.28. The van der Waals surface area contributed by atoms with E-state index in [2.05, 4.69) is 23.5 Å². The number of urea groups is 1. The number of nitrogens with one attached hydrogen (secondary N) is 1. The number of carbonyl (C=O) groups excluding carboxylic acids is 1. The zero-order valence-electron chi connectivity index (χ0n) is 14.1. The van der Waals surface area contributed by atoms with Crippen molar-refractivity contribution in [3.05, 3.63) is 47.5 Å².